The van der Waals surface area contributed by atoms with Crippen molar-refractivity contribution < 1.29 is 14.3 Å². The van der Waals surface area contributed by atoms with Crippen molar-refractivity contribution in [3.63, 3.8) is 0 Å². The quantitative estimate of drug-likeness (QED) is 0.753. The molecule has 0 aromatic heterocycles. The molecule has 1 unspecified atom stereocenters. The van der Waals surface area contributed by atoms with Gasteiger partial charge in [-0.05, 0) is 31.0 Å². The number of carbonyl (C=O) groups is 1. The largest absolute Gasteiger partial charge is 0.487 e. The van der Waals surface area contributed by atoms with Crippen LogP contribution in [0.5, 0.6) is 5.75 Å². The van der Waals surface area contributed by atoms with Gasteiger partial charge in [0.25, 0.3) is 5.91 Å². The Labute approximate surface area is 136 Å². The molecule has 3 heterocycles. The number of hydrogen-bond acceptors (Lipinski definition) is 5. The number of guanidine groups is 1. The van der Waals surface area contributed by atoms with E-state index in [-0.39, 0.29) is 18.0 Å². The Bertz CT molecular complexity index is 693. The summed E-state index contributed by atoms with van der Waals surface area (Å²) in [5.74, 6) is 0.727. The van der Waals surface area contributed by atoms with Crippen LogP contribution in [0.15, 0.2) is 27.7 Å². The van der Waals surface area contributed by atoms with Crippen LogP contribution in [0, 0.1) is 0 Å². The Morgan fingerprint density at radius 3 is 3.05 bits per heavy atom. The van der Waals surface area contributed by atoms with Crippen LogP contribution in [-0.2, 0) is 15.1 Å². The fourth-order valence-electron chi connectivity index (χ4n) is 3.51. The first kappa shape index (κ1) is 14.0. The van der Waals surface area contributed by atoms with Crippen molar-refractivity contribution in [1.82, 2.24) is 4.90 Å². The smallest absolute Gasteiger partial charge is 0.264 e. The van der Waals surface area contributed by atoms with Gasteiger partial charge in [-0.3, -0.25) is 9.69 Å². The zero-order chi connectivity index (χ0) is 15.5. The average Bonchev–Trinajstić information content (AvgIpc) is 2.74. The standard InChI is InChI=1S/C15H16BrN3O3/c1-19-13(20)15(18-14(19)17)9-7-8(16)4-5-10(9)22-11-3-2-6-21-12(11)15/h4-5,7,11-12H,2-3,6H2,1H3,(H2,17,18)/t11?,12-,15-/m1/s1. The molecule has 1 fully saturated rings. The van der Waals surface area contributed by atoms with E-state index >= 15 is 0 Å². The third kappa shape index (κ3) is 1.69. The van der Waals surface area contributed by atoms with Crippen molar-refractivity contribution in [3.05, 3.63) is 28.2 Å². The van der Waals surface area contributed by atoms with Gasteiger partial charge in [-0.1, -0.05) is 15.9 Å². The van der Waals surface area contributed by atoms with Gasteiger partial charge in [0, 0.05) is 23.7 Å². The molecule has 0 radical (unpaired) electrons. The van der Waals surface area contributed by atoms with E-state index in [4.69, 9.17) is 15.2 Å². The summed E-state index contributed by atoms with van der Waals surface area (Å²) in [5.41, 5.74) is 5.51. The lowest BCUT2D eigenvalue weighted by Crippen LogP contribution is -2.58. The molecule has 0 bridgehead atoms. The van der Waals surface area contributed by atoms with Crippen LogP contribution in [0.2, 0.25) is 0 Å². The van der Waals surface area contributed by atoms with Gasteiger partial charge in [0.15, 0.2) is 5.96 Å². The SMILES string of the molecule is CN1C(=O)[C@@]2(N=C1N)c1cc(Br)ccc1OC1CCCO[C@H]12. The number of halogens is 1. The topological polar surface area (TPSA) is 77.2 Å². The number of likely N-dealkylation sites (N-methyl/N-ethyl adjacent to an activating group) is 1. The second kappa shape index (κ2) is 4.70. The van der Waals surface area contributed by atoms with Crippen molar-refractivity contribution in [2.75, 3.05) is 13.7 Å². The third-order valence-corrected chi connectivity index (χ3v) is 5.07. The van der Waals surface area contributed by atoms with Gasteiger partial charge in [-0.25, -0.2) is 4.99 Å². The summed E-state index contributed by atoms with van der Waals surface area (Å²) < 4.78 is 12.9. The Hall–Kier alpha value is -1.60. The molecule has 6 nitrogen and oxygen atoms in total. The van der Waals surface area contributed by atoms with Crippen LogP contribution in [0.1, 0.15) is 18.4 Å². The number of nitrogens with two attached hydrogens (primary N) is 1. The number of hydrogen-bond donors (Lipinski definition) is 1. The van der Waals surface area contributed by atoms with E-state index in [1.165, 1.54) is 4.90 Å². The van der Waals surface area contributed by atoms with Crippen molar-refractivity contribution >= 4 is 27.8 Å². The van der Waals surface area contributed by atoms with Crippen LogP contribution in [0.3, 0.4) is 0 Å². The first-order valence-electron chi connectivity index (χ1n) is 7.26. The van der Waals surface area contributed by atoms with E-state index in [9.17, 15) is 4.79 Å². The van der Waals surface area contributed by atoms with Gasteiger partial charge < -0.3 is 15.2 Å². The van der Waals surface area contributed by atoms with Crippen molar-refractivity contribution in [3.8, 4) is 5.75 Å². The fourth-order valence-corrected chi connectivity index (χ4v) is 3.87. The van der Waals surface area contributed by atoms with Crippen LogP contribution in [-0.4, -0.2) is 42.6 Å². The third-order valence-electron chi connectivity index (χ3n) is 4.58. The second-order valence-electron chi connectivity index (χ2n) is 5.83. The molecule has 1 amide bonds. The summed E-state index contributed by atoms with van der Waals surface area (Å²) in [4.78, 5) is 18.9. The zero-order valence-corrected chi connectivity index (χ0v) is 13.7. The minimum atomic E-state index is -1.14. The fraction of sp³-hybridized carbons (Fsp3) is 0.467. The summed E-state index contributed by atoms with van der Waals surface area (Å²) in [5, 5.41) is 0. The molecule has 7 heteroatoms. The van der Waals surface area contributed by atoms with Gasteiger partial charge in [0.05, 0.1) is 0 Å². The van der Waals surface area contributed by atoms with Gasteiger partial charge in [0.2, 0.25) is 5.54 Å². The van der Waals surface area contributed by atoms with Crippen LogP contribution >= 0.6 is 15.9 Å². The molecule has 0 saturated carbocycles. The lowest BCUT2D eigenvalue weighted by atomic mass is 9.77. The lowest BCUT2D eigenvalue weighted by molar-refractivity contribution is -0.151. The summed E-state index contributed by atoms with van der Waals surface area (Å²) in [6.45, 7) is 0.599. The molecule has 116 valence electrons. The maximum absolute atomic E-state index is 13.0. The average molecular weight is 366 g/mol. The number of nitrogens with zero attached hydrogens (tertiary/aromatic N) is 2. The molecule has 1 aromatic carbocycles. The molecule has 0 aliphatic carbocycles. The molecule has 3 atom stereocenters. The molecule has 3 aliphatic heterocycles. The normalized spacial score (nSPS) is 33.3. The predicted molar refractivity (Wildman–Crippen MR) is 83.6 cm³/mol. The molecule has 1 saturated heterocycles. The Morgan fingerprint density at radius 2 is 2.32 bits per heavy atom. The lowest BCUT2D eigenvalue weighted by Gasteiger charge is -2.45. The predicted octanol–water partition coefficient (Wildman–Crippen LogP) is 1.37. The first-order valence-corrected chi connectivity index (χ1v) is 8.05. The Morgan fingerprint density at radius 1 is 1.50 bits per heavy atom. The minimum absolute atomic E-state index is 0.162. The molecule has 22 heavy (non-hydrogen) atoms. The number of amides is 1. The highest BCUT2D eigenvalue weighted by molar-refractivity contribution is 9.10. The monoisotopic (exact) mass is 365 g/mol. The minimum Gasteiger partial charge on any atom is -0.487 e. The summed E-state index contributed by atoms with van der Waals surface area (Å²) in [6.07, 6.45) is 1.12. The van der Waals surface area contributed by atoms with E-state index in [0.717, 1.165) is 17.3 Å². The highest BCUT2D eigenvalue weighted by Crippen LogP contribution is 2.49. The van der Waals surface area contributed by atoms with E-state index in [1.54, 1.807) is 7.05 Å². The highest BCUT2D eigenvalue weighted by Gasteiger charge is 2.61. The number of carbonyl (C=O) groups excluding carboxylic acids is 1. The number of rotatable bonds is 0. The van der Waals surface area contributed by atoms with E-state index < -0.39 is 11.6 Å². The molecule has 4 rings (SSSR count). The van der Waals surface area contributed by atoms with Gasteiger partial charge in [-0.15, -0.1) is 0 Å². The maximum Gasteiger partial charge on any atom is 0.264 e. The van der Waals surface area contributed by atoms with Crippen molar-refractivity contribution in [1.29, 1.82) is 0 Å². The molecule has 2 N–H and O–H groups in total. The van der Waals surface area contributed by atoms with E-state index in [1.807, 2.05) is 18.2 Å². The van der Waals surface area contributed by atoms with Crippen LogP contribution in [0.25, 0.3) is 0 Å². The van der Waals surface area contributed by atoms with Gasteiger partial charge >= 0.3 is 0 Å². The molecule has 1 aromatic rings. The van der Waals surface area contributed by atoms with E-state index in [2.05, 4.69) is 20.9 Å². The van der Waals surface area contributed by atoms with Crippen molar-refractivity contribution in [2.45, 2.75) is 30.6 Å². The zero-order valence-electron chi connectivity index (χ0n) is 12.1. The van der Waals surface area contributed by atoms with E-state index in [0.29, 0.717) is 17.9 Å². The first-order chi connectivity index (χ1) is 10.5. The summed E-state index contributed by atoms with van der Waals surface area (Å²) in [7, 11) is 1.64. The molecule has 1 spiro atoms. The maximum atomic E-state index is 13.0. The summed E-state index contributed by atoms with van der Waals surface area (Å²) in [6, 6.07) is 5.63. The summed E-state index contributed by atoms with van der Waals surface area (Å²) >= 11 is 3.46. The number of benzene rings is 1. The van der Waals surface area contributed by atoms with Crippen LogP contribution in [0.4, 0.5) is 0 Å². The highest BCUT2D eigenvalue weighted by atomic mass is 79.9. The molecular weight excluding hydrogens is 350 g/mol. The second-order valence-corrected chi connectivity index (χ2v) is 6.75. The van der Waals surface area contributed by atoms with Crippen LogP contribution < -0.4 is 10.5 Å². The number of ether oxygens (including phenoxy) is 2. The Balaban J connectivity index is 1.97. The molecular formula is C15H16BrN3O3. The molecule has 3 aliphatic rings. The Kier molecular flexibility index (Phi) is 2.99. The number of aliphatic imine (C=N–C) groups is 1. The van der Waals surface area contributed by atoms with Crippen molar-refractivity contribution in [2.24, 2.45) is 10.7 Å². The number of fused-ring (bicyclic) bond motifs is 4. The van der Waals surface area contributed by atoms with Gasteiger partial charge in [0.1, 0.15) is 18.0 Å². The van der Waals surface area contributed by atoms with Gasteiger partial charge in [-0.2, -0.15) is 0 Å².